The monoisotopic (exact) mass is 474 g/mol. The average Bonchev–Trinajstić information content (AvgIpc) is 2.80. The van der Waals surface area contributed by atoms with E-state index >= 15 is 0 Å². The minimum atomic E-state index is -0.394. The third-order valence-electron chi connectivity index (χ3n) is 5.43. The third kappa shape index (κ3) is 5.02. The first-order valence-corrected chi connectivity index (χ1v) is 11.4. The molecule has 0 atom stereocenters. The van der Waals surface area contributed by atoms with Crippen LogP contribution in [0.25, 0.3) is 16.9 Å². The SMILES string of the molecule is Cc1cccc(COc2ncn(-c3cc(-c4ccnc(C(C)(C)C)n4)ccc3C)c(=O)c2Cl)c1. The summed E-state index contributed by atoms with van der Waals surface area (Å²) < 4.78 is 7.18. The van der Waals surface area contributed by atoms with E-state index in [2.05, 4.69) is 30.7 Å². The van der Waals surface area contributed by atoms with E-state index in [0.717, 1.165) is 33.8 Å². The highest BCUT2D eigenvalue weighted by molar-refractivity contribution is 6.31. The normalized spacial score (nSPS) is 11.5. The molecule has 0 N–H and O–H groups in total. The summed E-state index contributed by atoms with van der Waals surface area (Å²) in [6, 6.07) is 15.6. The Labute approximate surface area is 204 Å². The van der Waals surface area contributed by atoms with Crippen molar-refractivity contribution in [3.8, 4) is 22.8 Å². The zero-order valence-corrected chi connectivity index (χ0v) is 20.7. The van der Waals surface area contributed by atoms with Crippen molar-refractivity contribution in [1.82, 2.24) is 19.5 Å². The van der Waals surface area contributed by atoms with Gasteiger partial charge >= 0.3 is 0 Å². The summed E-state index contributed by atoms with van der Waals surface area (Å²) in [6.07, 6.45) is 3.21. The lowest BCUT2D eigenvalue weighted by molar-refractivity contribution is 0.292. The molecule has 0 fully saturated rings. The molecule has 174 valence electrons. The van der Waals surface area contributed by atoms with E-state index in [4.69, 9.17) is 21.3 Å². The van der Waals surface area contributed by atoms with Crippen LogP contribution < -0.4 is 10.3 Å². The van der Waals surface area contributed by atoms with Crippen LogP contribution >= 0.6 is 11.6 Å². The van der Waals surface area contributed by atoms with Crippen molar-refractivity contribution in [1.29, 1.82) is 0 Å². The second-order valence-electron chi connectivity index (χ2n) is 9.33. The van der Waals surface area contributed by atoms with E-state index in [1.165, 1.54) is 10.9 Å². The second-order valence-corrected chi connectivity index (χ2v) is 9.71. The van der Waals surface area contributed by atoms with Gasteiger partial charge in [0, 0.05) is 17.2 Å². The molecule has 7 heteroatoms. The van der Waals surface area contributed by atoms with Gasteiger partial charge in [-0.1, -0.05) is 74.3 Å². The molecule has 2 aromatic heterocycles. The largest absolute Gasteiger partial charge is 0.472 e. The molecule has 0 amide bonds. The molecule has 34 heavy (non-hydrogen) atoms. The Morgan fingerprint density at radius 1 is 1.03 bits per heavy atom. The molecule has 0 unspecified atom stereocenters. The van der Waals surface area contributed by atoms with E-state index < -0.39 is 5.56 Å². The topological polar surface area (TPSA) is 69.9 Å². The van der Waals surface area contributed by atoms with Crippen molar-refractivity contribution in [2.24, 2.45) is 0 Å². The molecule has 0 spiro atoms. The summed E-state index contributed by atoms with van der Waals surface area (Å²) in [5, 5.41) is -0.0583. The van der Waals surface area contributed by atoms with Crippen LogP contribution in [0, 0.1) is 13.8 Å². The van der Waals surface area contributed by atoms with Gasteiger partial charge in [-0.05, 0) is 37.1 Å². The Morgan fingerprint density at radius 2 is 1.82 bits per heavy atom. The number of rotatable bonds is 5. The van der Waals surface area contributed by atoms with Gasteiger partial charge in [-0.25, -0.2) is 15.0 Å². The summed E-state index contributed by atoms with van der Waals surface area (Å²) in [7, 11) is 0. The van der Waals surface area contributed by atoms with Crippen LogP contribution in [0.15, 0.2) is 65.8 Å². The van der Waals surface area contributed by atoms with Crippen LogP contribution in [0.2, 0.25) is 5.02 Å². The smallest absolute Gasteiger partial charge is 0.280 e. The fourth-order valence-corrected chi connectivity index (χ4v) is 3.75. The molecule has 0 aliphatic heterocycles. The van der Waals surface area contributed by atoms with Crippen molar-refractivity contribution < 1.29 is 4.74 Å². The molecule has 2 aromatic carbocycles. The molecule has 6 nitrogen and oxygen atoms in total. The van der Waals surface area contributed by atoms with E-state index in [1.54, 1.807) is 6.20 Å². The maximum atomic E-state index is 13.1. The lowest BCUT2D eigenvalue weighted by atomic mass is 9.95. The van der Waals surface area contributed by atoms with Crippen molar-refractivity contribution in [2.45, 2.75) is 46.6 Å². The number of hydrogen-bond acceptors (Lipinski definition) is 5. The molecule has 2 heterocycles. The van der Waals surface area contributed by atoms with Crippen molar-refractivity contribution in [3.63, 3.8) is 0 Å². The first-order chi connectivity index (χ1) is 16.1. The van der Waals surface area contributed by atoms with Gasteiger partial charge in [-0.3, -0.25) is 9.36 Å². The van der Waals surface area contributed by atoms with E-state index in [-0.39, 0.29) is 22.9 Å². The maximum Gasteiger partial charge on any atom is 0.280 e. The Balaban J connectivity index is 1.67. The molecule has 0 saturated heterocycles. The van der Waals surface area contributed by atoms with Crippen LogP contribution in [0.3, 0.4) is 0 Å². The highest BCUT2D eigenvalue weighted by Gasteiger charge is 2.19. The summed E-state index contributed by atoms with van der Waals surface area (Å²) in [5.41, 5.74) is 4.78. The Morgan fingerprint density at radius 3 is 2.56 bits per heavy atom. The zero-order valence-electron chi connectivity index (χ0n) is 20.0. The molecular formula is C27H27ClN4O2. The Kier molecular flexibility index (Phi) is 6.53. The average molecular weight is 475 g/mol. The lowest BCUT2D eigenvalue weighted by Gasteiger charge is -2.17. The van der Waals surface area contributed by atoms with Gasteiger partial charge < -0.3 is 4.74 Å². The van der Waals surface area contributed by atoms with Crippen molar-refractivity contribution >= 4 is 11.6 Å². The van der Waals surface area contributed by atoms with Gasteiger partial charge in [-0.2, -0.15) is 0 Å². The van der Waals surface area contributed by atoms with E-state index in [9.17, 15) is 4.79 Å². The predicted octanol–water partition coefficient (Wildman–Crippen LogP) is 5.84. The fourth-order valence-electron chi connectivity index (χ4n) is 3.55. The Hall–Kier alpha value is -3.51. The van der Waals surface area contributed by atoms with Gasteiger partial charge in [0.1, 0.15) is 18.8 Å². The van der Waals surface area contributed by atoms with Gasteiger partial charge in [0.05, 0.1) is 11.4 Å². The molecule has 0 saturated carbocycles. The van der Waals surface area contributed by atoms with Crippen molar-refractivity contribution in [3.05, 3.63) is 98.9 Å². The van der Waals surface area contributed by atoms with Crippen molar-refractivity contribution in [2.75, 3.05) is 0 Å². The molecule has 4 rings (SSSR count). The van der Waals surface area contributed by atoms with E-state index in [1.807, 2.05) is 62.4 Å². The number of ether oxygens (including phenoxy) is 1. The highest BCUT2D eigenvalue weighted by atomic mass is 35.5. The maximum absolute atomic E-state index is 13.1. The minimum Gasteiger partial charge on any atom is -0.472 e. The molecule has 0 bridgehead atoms. The Bertz CT molecular complexity index is 1410. The summed E-state index contributed by atoms with van der Waals surface area (Å²) in [5.74, 6) is 0.868. The number of nitrogens with zero attached hydrogens (tertiary/aromatic N) is 4. The summed E-state index contributed by atoms with van der Waals surface area (Å²) in [6.45, 7) is 10.4. The van der Waals surface area contributed by atoms with Crippen LogP contribution in [-0.2, 0) is 12.0 Å². The molecule has 4 aromatic rings. The van der Waals surface area contributed by atoms with Crippen LogP contribution in [0.1, 0.15) is 43.3 Å². The zero-order chi connectivity index (χ0) is 24.5. The van der Waals surface area contributed by atoms with Crippen LogP contribution in [0.5, 0.6) is 5.88 Å². The molecule has 0 aliphatic carbocycles. The predicted molar refractivity (Wildman–Crippen MR) is 135 cm³/mol. The summed E-state index contributed by atoms with van der Waals surface area (Å²) in [4.78, 5) is 26.6. The number of halogens is 1. The first kappa shape index (κ1) is 23.6. The highest BCUT2D eigenvalue weighted by Crippen LogP contribution is 2.26. The third-order valence-corrected chi connectivity index (χ3v) is 5.76. The van der Waals surface area contributed by atoms with Crippen LogP contribution in [0.4, 0.5) is 0 Å². The van der Waals surface area contributed by atoms with Gasteiger partial charge in [0.15, 0.2) is 5.02 Å². The molecule has 0 aliphatic rings. The quantitative estimate of drug-likeness (QED) is 0.363. The van der Waals surface area contributed by atoms with Gasteiger partial charge in [0.2, 0.25) is 5.88 Å². The lowest BCUT2D eigenvalue weighted by Crippen LogP contribution is -2.21. The second kappa shape index (κ2) is 9.39. The molecule has 0 radical (unpaired) electrons. The first-order valence-electron chi connectivity index (χ1n) is 11.0. The van der Waals surface area contributed by atoms with Crippen LogP contribution in [-0.4, -0.2) is 19.5 Å². The van der Waals surface area contributed by atoms with Gasteiger partial charge in [-0.15, -0.1) is 0 Å². The minimum absolute atomic E-state index is 0.0583. The number of benzene rings is 2. The number of aromatic nitrogens is 4. The number of hydrogen-bond donors (Lipinski definition) is 0. The van der Waals surface area contributed by atoms with Gasteiger partial charge in [0.25, 0.3) is 5.56 Å². The summed E-state index contributed by atoms with van der Waals surface area (Å²) >= 11 is 6.38. The standard InChI is InChI=1S/C27H27ClN4O2/c1-17-7-6-8-19(13-17)15-34-24-23(28)25(33)32(16-30-24)22-14-20(10-9-18(22)2)21-11-12-29-26(31-21)27(3,4)5/h6-14,16H,15H2,1-5H3. The number of aryl methyl sites for hydroxylation is 2. The molecular weight excluding hydrogens is 448 g/mol. The van der Waals surface area contributed by atoms with E-state index in [0.29, 0.717) is 5.69 Å². The fraction of sp³-hybridized carbons (Fsp3) is 0.259.